The minimum atomic E-state index is 0.266. The van der Waals surface area contributed by atoms with E-state index in [9.17, 15) is 0 Å². The predicted molar refractivity (Wildman–Crippen MR) is 80.8 cm³/mol. The maximum absolute atomic E-state index is 3.99. The van der Waals surface area contributed by atoms with E-state index in [0.717, 1.165) is 31.6 Å². The van der Waals surface area contributed by atoms with Crippen molar-refractivity contribution in [1.82, 2.24) is 10.6 Å². The van der Waals surface area contributed by atoms with Gasteiger partial charge in [0.25, 0.3) is 0 Å². The Hall–Kier alpha value is -0.860. The summed E-state index contributed by atoms with van der Waals surface area (Å²) in [5.74, 6) is 0. The lowest BCUT2D eigenvalue weighted by atomic mass is 9.81. The number of rotatable bonds is 8. The van der Waals surface area contributed by atoms with Gasteiger partial charge in [0, 0.05) is 12.0 Å². The zero-order valence-corrected chi connectivity index (χ0v) is 12.2. The highest BCUT2D eigenvalue weighted by Gasteiger charge is 2.21. The molecule has 18 heavy (non-hydrogen) atoms. The molecule has 0 heterocycles. The molecule has 102 valence electrons. The lowest BCUT2D eigenvalue weighted by molar-refractivity contribution is 0.390. The molecule has 2 N–H and O–H groups in total. The Kier molecular flexibility index (Phi) is 6.37. The maximum Gasteiger partial charge on any atom is 0.00430 e. The second-order valence-electron chi connectivity index (χ2n) is 5.62. The van der Waals surface area contributed by atoms with Crippen LogP contribution >= 0.6 is 0 Å². The average molecular weight is 248 g/mol. The summed E-state index contributed by atoms with van der Waals surface area (Å²) in [6.45, 7) is 11.7. The molecule has 0 fully saturated rings. The molecule has 0 saturated heterocycles. The van der Waals surface area contributed by atoms with E-state index >= 15 is 0 Å². The highest BCUT2D eigenvalue weighted by atomic mass is 14.9. The quantitative estimate of drug-likeness (QED) is 0.645. The van der Waals surface area contributed by atoms with Crippen LogP contribution in [0.2, 0.25) is 0 Å². The van der Waals surface area contributed by atoms with Crippen molar-refractivity contribution in [3.8, 4) is 0 Å². The summed E-state index contributed by atoms with van der Waals surface area (Å²) in [7, 11) is 2.01. The molecule has 0 aromatic heterocycles. The van der Waals surface area contributed by atoms with Crippen molar-refractivity contribution in [2.45, 2.75) is 33.1 Å². The maximum atomic E-state index is 3.99. The highest BCUT2D eigenvalue weighted by molar-refractivity contribution is 5.40. The first-order valence-corrected chi connectivity index (χ1v) is 6.98. The monoisotopic (exact) mass is 248 g/mol. The molecule has 0 spiro atoms. The fourth-order valence-corrected chi connectivity index (χ4v) is 2.14. The molecule has 2 nitrogen and oxygen atoms in total. The second-order valence-corrected chi connectivity index (χ2v) is 5.62. The summed E-state index contributed by atoms with van der Waals surface area (Å²) >= 11 is 0. The normalized spacial score (nSPS) is 22.9. The molecule has 0 amide bonds. The van der Waals surface area contributed by atoms with Crippen molar-refractivity contribution in [3.05, 3.63) is 36.0 Å². The van der Waals surface area contributed by atoms with Crippen molar-refractivity contribution >= 4 is 0 Å². The van der Waals surface area contributed by atoms with Crippen molar-refractivity contribution < 1.29 is 0 Å². The molecule has 1 unspecified atom stereocenters. The smallest absolute Gasteiger partial charge is 0.00430 e. The molecule has 1 atom stereocenters. The van der Waals surface area contributed by atoms with Crippen LogP contribution in [0.3, 0.4) is 0 Å². The number of hydrogen-bond donors (Lipinski definition) is 2. The molecule has 1 rings (SSSR count). The third-order valence-corrected chi connectivity index (χ3v) is 3.51. The molecule has 0 aromatic rings. The number of allylic oxidation sites excluding steroid dienone is 4. The van der Waals surface area contributed by atoms with Gasteiger partial charge in [-0.05, 0) is 51.9 Å². The van der Waals surface area contributed by atoms with Gasteiger partial charge < -0.3 is 10.6 Å². The van der Waals surface area contributed by atoms with Crippen LogP contribution < -0.4 is 10.6 Å². The van der Waals surface area contributed by atoms with Crippen molar-refractivity contribution in [3.63, 3.8) is 0 Å². The van der Waals surface area contributed by atoms with Crippen LogP contribution in [0, 0.1) is 5.41 Å². The van der Waals surface area contributed by atoms with Gasteiger partial charge in [0.1, 0.15) is 0 Å². The average Bonchev–Trinajstić information content (AvgIpc) is 2.34. The van der Waals surface area contributed by atoms with Gasteiger partial charge in [-0.15, -0.1) is 0 Å². The lowest BCUT2D eigenvalue weighted by Gasteiger charge is -2.28. The molecule has 0 radical (unpaired) electrons. The third kappa shape index (κ3) is 5.19. The molecule has 1 aliphatic carbocycles. The zero-order chi connectivity index (χ0) is 13.4. The Balaban J connectivity index is 2.23. The largest absolute Gasteiger partial charge is 0.320 e. The minimum Gasteiger partial charge on any atom is -0.320 e. The van der Waals surface area contributed by atoms with Gasteiger partial charge >= 0.3 is 0 Å². The van der Waals surface area contributed by atoms with E-state index in [1.807, 2.05) is 7.05 Å². The fourth-order valence-electron chi connectivity index (χ4n) is 2.14. The first-order valence-electron chi connectivity index (χ1n) is 6.98. The van der Waals surface area contributed by atoms with E-state index in [1.165, 1.54) is 18.4 Å². The van der Waals surface area contributed by atoms with Crippen LogP contribution in [0.5, 0.6) is 0 Å². The van der Waals surface area contributed by atoms with Crippen LogP contribution in [0.4, 0.5) is 0 Å². The van der Waals surface area contributed by atoms with Crippen LogP contribution in [-0.2, 0) is 0 Å². The standard InChI is InChI=1S/C16H28N2/c1-14(2)15-7-9-16(3,10-8-15)13-18-12-6-5-11-17-4/h7-9,17-18H,1,5-6,10-13H2,2-4H3. The minimum absolute atomic E-state index is 0.266. The summed E-state index contributed by atoms with van der Waals surface area (Å²) in [6.07, 6.45) is 10.5. The molecular weight excluding hydrogens is 220 g/mol. The predicted octanol–water partition coefficient (Wildman–Crippen LogP) is 3.04. The van der Waals surface area contributed by atoms with Crippen LogP contribution in [0.25, 0.3) is 0 Å². The van der Waals surface area contributed by atoms with Crippen LogP contribution in [0.15, 0.2) is 36.0 Å². The summed E-state index contributed by atoms with van der Waals surface area (Å²) in [6, 6.07) is 0. The molecule has 0 bridgehead atoms. The Labute approximate surface area is 112 Å². The highest BCUT2D eigenvalue weighted by Crippen LogP contribution is 2.30. The first-order chi connectivity index (χ1) is 8.57. The fraction of sp³-hybridized carbons (Fsp3) is 0.625. The van der Waals surface area contributed by atoms with Crippen molar-refractivity contribution in [2.24, 2.45) is 5.41 Å². The van der Waals surface area contributed by atoms with Gasteiger partial charge in [-0.1, -0.05) is 37.3 Å². The van der Waals surface area contributed by atoms with E-state index < -0.39 is 0 Å². The van der Waals surface area contributed by atoms with Crippen molar-refractivity contribution in [2.75, 3.05) is 26.7 Å². The van der Waals surface area contributed by atoms with Gasteiger partial charge in [0.05, 0.1) is 0 Å². The summed E-state index contributed by atoms with van der Waals surface area (Å²) < 4.78 is 0. The van der Waals surface area contributed by atoms with E-state index in [2.05, 4.69) is 49.3 Å². The van der Waals surface area contributed by atoms with Crippen molar-refractivity contribution in [1.29, 1.82) is 0 Å². The van der Waals surface area contributed by atoms with E-state index in [-0.39, 0.29) is 5.41 Å². The van der Waals surface area contributed by atoms with E-state index in [4.69, 9.17) is 0 Å². The van der Waals surface area contributed by atoms with Gasteiger partial charge in [0.15, 0.2) is 0 Å². The molecule has 0 saturated carbocycles. The summed E-state index contributed by atoms with van der Waals surface area (Å²) in [5, 5.41) is 6.74. The Morgan fingerprint density at radius 1 is 1.39 bits per heavy atom. The van der Waals surface area contributed by atoms with Gasteiger partial charge in [0.2, 0.25) is 0 Å². The molecule has 0 aliphatic heterocycles. The first kappa shape index (κ1) is 15.2. The third-order valence-electron chi connectivity index (χ3n) is 3.51. The van der Waals surface area contributed by atoms with E-state index in [1.54, 1.807) is 0 Å². The van der Waals surface area contributed by atoms with Gasteiger partial charge in [-0.25, -0.2) is 0 Å². The Morgan fingerprint density at radius 2 is 2.11 bits per heavy atom. The Morgan fingerprint density at radius 3 is 2.67 bits per heavy atom. The Bertz CT molecular complexity index is 328. The number of unbranched alkanes of at least 4 members (excludes halogenated alkanes) is 1. The SMILES string of the molecule is C=C(C)C1=CCC(C)(CNCCCCNC)C=C1. The van der Waals surface area contributed by atoms with E-state index in [0.29, 0.717) is 0 Å². The van der Waals surface area contributed by atoms with Gasteiger partial charge in [-0.3, -0.25) is 0 Å². The zero-order valence-electron chi connectivity index (χ0n) is 12.2. The number of nitrogens with one attached hydrogen (secondary N) is 2. The molecule has 0 aromatic carbocycles. The second kappa shape index (κ2) is 7.55. The summed E-state index contributed by atoms with van der Waals surface area (Å²) in [4.78, 5) is 0. The molecular formula is C16H28N2. The van der Waals surface area contributed by atoms with Crippen LogP contribution in [0.1, 0.15) is 33.1 Å². The van der Waals surface area contributed by atoms with Crippen LogP contribution in [-0.4, -0.2) is 26.7 Å². The molecule has 1 aliphatic rings. The lowest BCUT2D eigenvalue weighted by Crippen LogP contribution is -2.31. The van der Waals surface area contributed by atoms with Gasteiger partial charge in [-0.2, -0.15) is 0 Å². The summed E-state index contributed by atoms with van der Waals surface area (Å²) in [5.41, 5.74) is 2.72. The topological polar surface area (TPSA) is 24.1 Å². The molecule has 2 heteroatoms. The number of hydrogen-bond acceptors (Lipinski definition) is 2.